The first kappa shape index (κ1) is 20.7. The predicted molar refractivity (Wildman–Crippen MR) is 118 cm³/mol. The molecule has 3 aromatic rings. The Balaban J connectivity index is 1.11. The van der Waals surface area contributed by atoms with Crippen LogP contribution in [-0.2, 0) is 9.53 Å². The molecule has 0 unspecified atom stereocenters. The molecule has 1 amide bonds. The Morgan fingerprint density at radius 3 is 2.66 bits per heavy atom. The minimum Gasteiger partial charge on any atom is -0.485 e. The molecule has 10 heteroatoms. The molecule has 2 aliphatic heterocycles. The van der Waals surface area contributed by atoms with Crippen molar-refractivity contribution in [3.05, 3.63) is 54.4 Å². The molecule has 0 radical (unpaired) electrons. The average molecular weight is 455 g/mol. The van der Waals surface area contributed by atoms with Crippen molar-refractivity contribution in [2.45, 2.75) is 11.3 Å². The number of hydrogen-bond acceptors (Lipinski definition) is 9. The number of fused-ring (bicyclic) bond motifs is 1. The fourth-order valence-electron chi connectivity index (χ4n) is 3.45. The second-order valence-corrected chi connectivity index (χ2v) is 8.18. The second kappa shape index (κ2) is 9.49. The number of nitrogens with one attached hydrogen (secondary N) is 1. The lowest BCUT2D eigenvalue weighted by molar-refractivity contribution is -0.113. The van der Waals surface area contributed by atoms with E-state index in [1.165, 1.54) is 11.8 Å². The topological polar surface area (TPSA) is 99.0 Å². The van der Waals surface area contributed by atoms with E-state index in [1.54, 1.807) is 0 Å². The van der Waals surface area contributed by atoms with Crippen molar-refractivity contribution in [2.24, 2.45) is 0 Å². The quantitative estimate of drug-likeness (QED) is 0.563. The van der Waals surface area contributed by atoms with Gasteiger partial charge in [0.2, 0.25) is 12.0 Å². The fraction of sp³-hybridized carbons (Fsp3) is 0.318. The standard InChI is InChI=1S/C22H22N4O5S/c27-20(23-15-5-7-16(8-6-15)26-9-11-28-12-10-26)14-32-22-25-24-21(31-22)19-13-29-17-3-1-2-4-18(17)30-19/h1-8,19H,9-14H2,(H,23,27)/t19-/m0/s1. The number of rotatable bonds is 6. The van der Waals surface area contributed by atoms with Gasteiger partial charge in [0, 0.05) is 24.5 Å². The number of hydrogen-bond donors (Lipinski definition) is 1. The van der Waals surface area contributed by atoms with Gasteiger partial charge in [-0.3, -0.25) is 4.79 Å². The molecule has 1 atom stereocenters. The van der Waals surface area contributed by atoms with E-state index >= 15 is 0 Å². The monoisotopic (exact) mass is 454 g/mol. The van der Waals surface area contributed by atoms with Gasteiger partial charge in [-0.05, 0) is 36.4 Å². The van der Waals surface area contributed by atoms with Crippen molar-refractivity contribution < 1.29 is 23.4 Å². The molecule has 0 aliphatic carbocycles. The molecule has 2 aliphatic rings. The number of anilines is 2. The Bertz CT molecular complexity index is 1070. The van der Waals surface area contributed by atoms with Gasteiger partial charge in [-0.25, -0.2) is 0 Å². The van der Waals surface area contributed by atoms with Crippen molar-refractivity contribution in [2.75, 3.05) is 48.9 Å². The van der Waals surface area contributed by atoms with Gasteiger partial charge in [0.15, 0.2) is 11.5 Å². The average Bonchev–Trinajstić information content (AvgIpc) is 3.33. The van der Waals surface area contributed by atoms with E-state index in [0.717, 1.165) is 37.7 Å². The molecule has 166 valence electrons. The largest absolute Gasteiger partial charge is 0.485 e. The van der Waals surface area contributed by atoms with Gasteiger partial charge >= 0.3 is 0 Å². The van der Waals surface area contributed by atoms with Crippen LogP contribution in [0.2, 0.25) is 0 Å². The smallest absolute Gasteiger partial charge is 0.277 e. The molecule has 3 heterocycles. The lowest BCUT2D eigenvalue weighted by Crippen LogP contribution is -2.36. The molecular weight excluding hydrogens is 432 g/mol. The van der Waals surface area contributed by atoms with Gasteiger partial charge in [-0.15, -0.1) is 10.2 Å². The second-order valence-electron chi connectivity index (χ2n) is 7.25. The van der Waals surface area contributed by atoms with Crippen molar-refractivity contribution >= 4 is 29.0 Å². The summed E-state index contributed by atoms with van der Waals surface area (Å²) >= 11 is 1.17. The molecule has 1 aromatic heterocycles. The van der Waals surface area contributed by atoms with Crippen LogP contribution in [0.25, 0.3) is 0 Å². The van der Waals surface area contributed by atoms with Crippen molar-refractivity contribution in [1.29, 1.82) is 0 Å². The number of morpholine rings is 1. The Hall–Kier alpha value is -3.24. The number of thioether (sulfide) groups is 1. The first-order chi connectivity index (χ1) is 15.7. The Labute approximate surface area is 189 Å². The summed E-state index contributed by atoms with van der Waals surface area (Å²) in [6, 6.07) is 15.2. The highest BCUT2D eigenvalue weighted by atomic mass is 32.2. The van der Waals surface area contributed by atoms with Crippen LogP contribution in [0.4, 0.5) is 11.4 Å². The number of carbonyl (C=O) groups is 1. The third kappa shape index (κ3) is 4.81. The van der Waals surface area contributed by atoms with Crippen LogP contribution in [0, 0.1) is 0 Å². The number of nitrogens with zero attached hydrogens (tertiary/aromatic N) is 3. The first-order valence-corrected chi connectivity index (χ1v) is 11.3. The van der Waals surface area contributed by atoms with Gasteiger partial charge < -0.3 is 28.8 Å². The highest BCUT2D eigenvalue weighted by molar-refractivity contribution is 7.99. The molecule has 0 bridgehead atoms. The molecule has 5 rings (SSSR count). The van der Waals surface area contributed by atoms with Crippen molar-refractivity contribution in [3.63, 3.8) is 0 Å². The van der Waals surface area contributed by atoms with E-state index in [9.17, 15) is 4.79 Å². The van der Waals surface area contributed by atoms with E-state index in [0.29, 0.717) is 22.6 Å². The van der Waals surface area contributed by atoms with Crippen LogP contribution < -0.4 is 19.7 Å². The lowest BCUT2D eigenvalue weighted by atomic mass is 10.2. The van der Waals surface area contributed by atoms with Crippen molar-refractivity contribution in [1.82, 2.24) is 10.2 Å². The summed E-state index contributed by atoms with van der Waals surface area (Å²) in [4.78, 5) is 14.6. The number of carbonyl (C=O) groups excluding carboxylic acids is 1. The van der Waals surface area contributed by atoms with Gasteiger partial charge in [0.25, 0.3) is 11.1 Å². The summed E-state index contributed by atoms with van der Waals surface area (Å²) in [5.74, 6) is 1.64. The number of benzene rings is 2. The summed E-state index contributed by atoms with van der Waals surface area (Å²) in [5, 5.41) is 11.2. The highest BCUT2D eigenvalue weighted by Crippen LogP contribution is 2.36. The molecule has 1 N–H and O–H groups in total. The number of amides is 1. The maximum atomic E-state index is 12.3. The van der Waals surface area contributed by atoms with Gasteiger partial charge in [-0.2, -0.15) is 0 Å². The Morgan fingerprint density at radius 1 is 1.06 bits per heavy atom. The molecule has 2 aromatic carbocycles. The third-order valence-electron chi connectivity index (χ3n) is 5.06. The molecule has 9 nitrogen and oxygen atoms in total. The normalized spacial score (nSPS) is 17.8. The zero-order valence-electron chi connectivity index (χ0n) is 17.2. The van der Waals surface area contributed by atoms with E-state index in [1.807, 2.05) is 48.5 Å². The number of para-hydroxylation sites is 2. The molecule has 0 spiro atoms. The maximum Gasteiger partial charge on any atom is 0.277 e. The zero-order valence-corrected chi connectivity index (χ0v) is 18.0. The van der Waals surface area contributed by atoms with Crippen LogP contribution in [0.3, 0.4) is 0 Å². The highest BCUT2D eigenvalue weighted by Gasteiger charge is 2.27. The van der Waals surface area contributed by atoms with Gasteiger partial charge in [-0.1, -0.05) is 23.9 Å². The van der Waals surface area contributed by atoms with E-state index < -0.39 is 6.10 Å². The molecule has 1 saturated heterocycles. The van der Waals surface area contributed by atoms with Crippen LogP contribution >= 0.6 is 11.8 Å². The van der Waals surface area contributed by atoms with E-state index in [-0.39, 0.29) is 18.3 Å². The van der Waals surface area contributed by atoms with Crippen LogP contribution in [0.1, 0.15) is 12.0 Å². The first-order valence-electron chi connectivity index (χ1n) is 10.3. The van der Waals surface area contributed by atoms with Gasteiger partial charge in [0.1, 0.15) is 6.61 Å². The minimum absolute atomic E-state index is 0.151. The molecule has 32 heavy (non-hydrogen) atoms. The van der Waals surface area contributed by atoms with Crippen molar-refractivity contribution in [3.8, 4) is 11.5 Å². The zero-order chi connectivity index (χ0) is 21.8. The van der Waals surface area contributed by atoms with E-state index in [2.05, 4.69) is 20.4 Å². The minimum atomic E-state index is -0.481. The summed E-state index contributed by atoms with van der Waals surface area (Å²) in [6.07, 6.45) is -0.481. The van der Waals surface area contributed by atoms with Crippen LogP contribution in [-0.4, -0.2) is 54.8 Å². The number of aromatic nitrogens is 2. The van der Waals surface area contributed by atoms with Gasteiger partial charge in [0.05, 0.1) is 19.0 Å². The lowest BCUT2D eigenvalue weighted by Gasteiger charge is -2.28. The summed E-state index contributed by atoms with van der Waals surface area (Å²) in [6.45, 7) is 3.50. The van der Waals surface area contributed by atoms with Crippen LogP contribution in [0.5, 0.6) is 11.5 Å². The summed E-state index contributed by atoms with van der Waals surface area (Å²) in [5.41, 5.74) is 1.86. The maximum absolute atomic E-state index is 12.3. The fourth-order valence-corrected chi connectivity index (χ4v) is 4.02. The third-order valence-corrected chi connectivity index (χ3v) is 5.88. The summed E-state index contributed by atoms with van der Waals surface area (Å²) < 4.78 is 22.6. The number of ether oxygens (including phenoxy) is 3. The van der Waals surface area contributed by atoms with Crippen LogP contribution in [0.15, 0.2) is 58.2 Å². The Morgan fingerprint density at radius 2 is 1.84 bits per heavy atom. The molecular formula is C22H22N4O5S. The summed E-state index contributed by atoms with van der Waals surface area (Å²) in [7, 11) is 0. The Kier molecular flexibility index (Phi) is 6.13. The SMILES string of the molecule is O=C(CSc1nnc([C@@H]2COc3ccccc3O2)o1)Nc1ccc(N2CCOCC2)cc1. The molecule has 0 saturated carbocycles. The van der Waals surface area contributed by atoms with E-state index in [4.69, 9.17) is 18.6 Å². The molecule has 1 fully saturated rings. The predicted octanol–water partition coefficient (Wildman–Crippen LogP) is 3.15.